The van der Waals surface area contributed by atoms with Crippen LogP contribution in [0.2, 0.25) is 0 Å². The summed E-state index contributed by atoms with van der Waals surface area (Å²) in [6, 6.07) is 33.3. The molecule has 0 atom stereocenters. The molecule has 0 aliphatic heterocycles. The van der Waals surface area contributed by atoms with Crippen molar-refractivity contribution in [1.29, 1.82) is 0 Å². The molecule has 220 valence electrons. The summed E-state index contributed by atoms with van der Waals surface area (Å²) in [6.07, 6.45) is 15.4. The predicted molar refractivity (Wildman–Crippen MR) is 194 cm³/mol. The third kappa shape index (κ3) is 8.02. The highest BCUT2D eigenvalue weighted by Crippen LogP contribution is 2.36. The molecule has 0 saturated heterocycles. The molecule has 0 bridgehead atoms. The number of aromatic nitrogens is 1. The van der Waals surface area contributed by atoms with Crippen molar-refractivity contribution in [2.75, 3.05) is 0 Å². The molecule has 5 aromatic rings. The first-order valence-corrected chi connectivity index (χ1v) is 15.4. The molecule has 0 fully saturated rings. The van der Waals surface area contributed by atoms with Gasteiger partial charge < -0.3 is 4.57 Å². The average Bonchev–Trinajstić information content (AvgIpc) is 3.40. The van der Waals surface area contributed by atoms with E-state index in [1.807, 2.05) is 13.8 Å². The monoisotopic (exact) mass is 565 g/mol. The van der Waals surface area contributed by atoms with Crippen molar-refractivity contribution in [3.63, 3.8) is 0 Å². The van der Waals surface area contributed by atoms with Crippen molar-refractivity contribution in [2.24, 2.45) is 0 Å². The van der Waals surface area contributed by atoms with Crippen LogP contribution in [0.1, 0.15) is 58.6 Å². The summed E-state index contributed by atoms with van der Waals surface area (Å²) in [5.41, 5.74) is 11.2. The fraction of sp³-hybridized carbons (Fsp3) is 0.190. The minimum atomic E-state index is 1.03. The molecule has 0 saturated carbocycles. The fourth-order valence-electron chi connectivity index (χ4n) is 5.11. The summed E-state index contributed by atoms with van der Waals surface area (Å²) < 4.78 is 2.40. The van der Waals surface area contributed by atoms with Crippen molar-refractivity contribution in [1.82, 2.24) is 4.57 Å². The first-order chi connectivity index (χ1) is 21.1. The van der Waals surface area contributed by atoms with Crippen LogP contribution in [0.3, 0.4) is 0 Å². The third-order valence-corrected chi connectivity index (χ3v) is 7.44. The first-order valence-electron chi connectivity index (χ1n) is 15.4. The maximum absolute atomic E-state index is 3.00. The van der Waals surface area contributed by atoms with E-state index < -0.39 is 0 Å². The quantitative estimate of drug-likeness (QED) is 0.100. The van der Waals surface area contributed by atoms with Crippen LogP contribution in [0.4, 0.5) is 0 Å². The van der Waals surface area contributed by atoms with Crippen LogP contribution in [0.25, 0.3) is 44.2 Å². The lowest BCUT2D eigenvalue weighted by molar-refractivity contribution is 1.05. The molecule has 1 heteroatoms. The maximum Gasteiger partial charge on any atom is 0.0541 e. The number of allylic oxidation sites excluding steroid dienone is 8. The molecule has 5 rings (SSSR count). The molecule has 43 heavy (non-hydrogen) atoms. The fourth-order valence-corrected chi connectivity index (χ4v) is 5.11. The Hall–Kier alpha value is -4.62. The van der Waals surface area contributed by atoms with Crippen molar-refractivity contribution >= 4 is 27.4 Å². The van der Waals surface area contributed by atoms with E-state index in [4.69, 9.17) is 0 Å². The van der Waals surface area contributed by atoms with Gasteiger partial charge in [-0.2, -0.15) is 0 Å². The Morgan fingerprint density at radius 3 is 1.91 bits per heavy atom. The van der Waals surface area contributed by atoms with E-state index >= 15 is 0 Å². The van der Waals surface area contributed by atoms with Crippen molar-refractivity contribution in [3.05, 3.63) is 157 Å². The Bertz CT molecular complexity index is 1720. The van der Waals surface area contributed by atoms with E-state index in [1.165, 1.54) is 60.9 Å². The molecule has 1 nitrogen and oxygen atoms in total. The normalized spacial score (nSPS) is 12.0. The highest BCUT2D eigenvalue weighted by molar-refractivity contribution is 6.11. The lowest BCUT2D eigenvalue weighted by atomic mass is 10.00. The molecule has 0 unspecified atom stereocenters. The molecule has 4 aromatic carbocycles. The number of benzene rings is 4. The highest BCUT2D eigenvalue weighted by Gasteiger charge is 2.14. The zero-order valence-electron chi connectivity index (χ0n) is 26.9. The molecule has 0 aliphatic rings. The van der Waals surface area contributed by atoms with Crippen molar-refractivity contribution in [2.45, 2.75) is 54.4 Å². The molecule has 0 aliphatic carbocycles. The van der Waals surface area contributed by atoms with Gasteiger partial charge in [0.05, 0.1) is 11.0 Å². The summed E-state index contributed by atoms with van der Waals surface area (Å²) >= 11 is 0. The van der Waals surface area contributed by atoms with E-state index in [2.05, 4.69) is 173 Å². The summed E-state index contributed by atoms with van der Waals surface area (Å²) in [5, 5.41) is 2.55. The zero-order valence-corrected chi connectivity index (χ0v) is 26.9. The van der Waals surface area contributed by atoms with E-state index in [1.54, 1.807) is 0 Å². The van der Waals surface area contributed by atoms with Crippen LogP contribution < -0.4 is 0 Å². The molecule has 0 amide bonds. The van der Waals surface area contributed by atoms with Crippen LogP contribution in [0.15, 0.2) is 146 Å². The van der Waals surface area contributed by atoms with Crippen LogP contribution in [0.5, 0.6) is 0 Å². The predicted octanol–water partition coefficient (Wildman–Crippen LogP) is 12.8. The maximum atomic E-state index is 3.00. The molecule has 1 heterocycles. The third-order valence-electron chi connectivity index (χ3n) is 7.44. The Labute approximate surface area is 259 Å². The lowest BCUT2D eigenvalue weighted by Crippen LogP contribution is -1.94. The first kappa shape index (κ1) is 32.9. The SMILES string of the molecule is C/C=C(C)\C=C/CC/C=C\C(=C/C)c1ccc2c(c1)c1cc(-c3ccccc3)ccc1n2-c1ccc(C)cc1.C=C.CC. The topological polar surface area (TPSA) is 4.93 Å². The number of nitrogens with zero attached hydrogens (tertiary/aromatic N) is 1. The number of aryl methyl sites for hydroxylation is 1. The highest BCUT2D eigenvalue weighted by atomic mass is 15.0. The Morgan fingerprint density at radius 1 is 0.674 bits per heavy atom. The van der Waals surface area contributed by atoms with Crippen LogP contribution >= 0.6 is 0 Å². The molecular weight excluding hydrogens is 518 g/mol. The molecule has 0 radical (unpaired) electrons. The van der Waals surface area contributed by atoms with Gasteiger partial charge in [0.2, 0.25) is 0 Å². The summed E-state index contributed by atoms with van der Waals surface area (Å²) in [6.45, 7) is 18.5. The lowest BCUT2D eigenvalue weighted by Gasteiger charge is -2.09. The second-order valence-corrected chi connectivity index (χ2v) is 10.2. The number of fused-ring (bicyclic) bond motifs is 3. The van der Waals surface area contributed by atoms with Crippen molar-refractivity contribution in [3.8, 4) is 16.8 Å². The minimum Gasteiger partial charge on any atom is -0.309 e. The Balaban J connectivity index is 0.00000121. The van der Waals surface area contributed by atoms with E-state index in [9.17, 15) is 0 Å². The van der Waals surface area contributed by atoms with E-state index in [-0.39, 0.29) is 0 Å². The van der Waals surface area contributed by atoms with Crippen LogP contribution in [-0.2, 0) is 0 Å². The van der Waals surface area contributed by atoms with Gasteiger partial charge in [-0.15, -0.1) is 13.2 Å². The van der Waals surface area contributed by atoms with Crippen molar-refractivity contribution < 1.29 is 0 Å². The average molecular weight is 566 g/mol. The van der Waals surface area contributed by atoms with Gasteiger partial charge in [-0.05, 0) is 99.2 Å². The van der Waals surface area contributed by atoms with Gasteiger partial charge in [-0.25, -0.2) is 0 Å². The summed E-state index contributed by atoms with van der Waals surface area (Å²) in [4.78, 5) is 0. The van der Waals surface area contributed by atoms with Gasteiger partial charge in [-0.3, -0.25) is 0 Å². The summed E-state index contributed by atoms with van der Waals surface area (Å²) in [7, 11) is 0. The van der Waals surface area contributed by atoms with Crippen LogP contribution in [0, 0.1) is 6.92 Å². The second-order valence-electron chi connectivity index (χ2n) is 10.2. The van der Waals surface area contributed by atoms with Gasteiger partial charge in [0.15, 0.2) is 0 Å². The minimum absolute atomic E-state index is 1.03. The zero-order chi connectivity index (χ0) is 31.2. The molecule has 0 N–H and O–H groups in total. The Kier molecular flexibility index (Phi) is 12.8. The standard InChI is InChI=1S/C38H37N.C2H6.C2H4/c1-5-28(3)14-10-7-8-11-15-30(6-2)32-20-24-37-35(26-32)36-27-33(31-16-12-9-13-17-31)21-25-38(36)39(37)34-22-18-29(4)19-23-34;2*1-2/h5-6,9-27H,7-8H2,1-4H3;1-2H3;1-2H2/b14-10-,15-11-,28-5-,30-6+;;. The smallest absolute Gasteiger partial charge is 0.0541 e. The summed E-state index contributed by atoms with van der Waals surface area (Å²) in [5.74, 6) is 0. The second kappa shape index (κ2) is 16.7. The van der Waals surface area contributed by atoms with E-state index in [0.29, 0.717) is 0 Å². The molecule has 0 spiro atoms. The van der Waals surface area contributed by atoms with Gasteiger partial charge in [0.1, 0.15) is 0 Å². The molecule has 1 aromatic heterocycles. The van der Waals surface area contributed by atoms with Gasteiger partial charge in [-0.1, -0.05) is 116 Å². The van der Waals surface area contributed by atoms with Gasteiger partial charge in [0, 0.05) is 16.5 Å². The largest absolute Gasteiger partial charge is 0.309 e. The number of rotatable bonds is 8. The number of unbranched alkanes of at least 4 members (excludes halogenated alkanes) is 1. The van der Waals surface area contributed by atoms with E-state index in [0.717, 1.165) is 12.8 Å². The van der Waals surface area contributed by atoms with Gasteiger partial charge in [0.25, 0.3) is 0 Å². The van der Waals surface area contributed by atoms with Crippen LogP contribution in [-0.4, -0.2) is 4.57 Å². The van der Waals surface area contributed by atoms with Gasteiger partial charge >= 0.3 is 0 Å². The Morgan fingerprint density at radius 2 is 1.28 bits per heavy atom. The number of hydrogen-bond donors (Lipinski definition) is 0. The number of hydrogen-bond acceptors (Lipinski definition) is 0. The molecular formula is C42H47N.